The van der Waals surface area contributed by atoms with Gasteiger partial charge in [-0.25, -0.2) is 4.39 Å². The fourth-order valence-electron chi connectivity index (χ4n) is 2.03. The molecule has 5 heteroatoms. The number of hydrogen-bond donors (Lipinski definition) is 0. The van der Waals surface area contributed by atoms with Crippen LogP contribution in [0.1, 0.15) is 15.2 Å². The highest BCUT2D eigenvalue weighted by Crippen LogP contribution is 2.31. The summed E-state index contributed by atoms with van der Waals surface area (Å²) in [6, 6.07) is 15.0. The Bertz CT molecular complexity index is 842. The van der Waals surface area contributed by atoms with Crippen LogP contribution >= 0.6 is 38.9 Å². The van der Waals surface area contributed by atoms with E-state index in [0.29, 0.717) is 15.5 Å². The van der Waals surface area contributed by atoms with Crippen LogP contribution in [-0.4, -0.2) is 5.78 Å². The van der Waals surface area contributed by atoms with Gasteiger partial charge in [0, 0.05) is 14.9 Å². The van der Waals surface area contributed by atoms with Crippen LogP contribution in [0, 0.1) is 5.82 Å². The van der Waals surface area contributed by atoms with Gasteiger partial charge in [0.1, 0.15) is 5.82 Å². The number of rotatable bonds is 3. The Morgan fingerprint density at radius 2 is 1.77 bits per heavy atom. The molecule has 2 aromatic carbocycles. The monoisotopic (exact) mass is 394 g/mol. The second-order valence-electron chi connectivity index (χ2n) is 4.62. The minimum atomic E-state index is -0.280. The van der Waals surface area contributed by atoms with Gasteiger partial charge in [-0.05, 0) is 48.0 Å². The first-order chi connectivity index (χ1) is 10.5. The van der Waals surface area contributed by atoms with Crippen LogP contribution in [0.2, 0.25) is 5.02 Å². The average molecular weight is 396 g/mol. The van der Waals surface area contributed by atoms with Crippen LogP contribution in [-0.2, 0) is 0 Å². The lowest BCUT2D eigenvalue weighted by Crippen LogP contribution is -1.99. The molecule has 0 N–H and O–H groups in total. The number of carbonyl (C=O) groups excluding carboxylic acids is 1. The largest absolute Gasteiger partial charge is 0.288 e. The molecule has 0 saturated carbocycles. The minimum absolute atomic E-state index is 0.121. The third kappa shape index (κ3) is 3.14. The maximum Gasteiger partial charge on any atom is 0.204 e. The first-order valence-electron chi connectivity index (χ1n) is 6.40. The van der Waals surface area contributed by atoms with Crippen molar-refractivity contribution in [3.63, 3.8) is 0 Å². The van der Waals surface area contributed by atoms with Gasteiger partial charge >= 0.3 is 0 Å². The minimum Gasteiger partial charge on any atom is -0.288 e. The zero-order valence-corrected chi connectivity index (χ0v) is 14.3. The normalized spacial score (nSPS) is 10.7. The van der Waals surface area contributed by atoms with E-state index in [9.17, 15) is 9.18 Å². The van der Waals surface area contributed by atoms with Crippen LogP contribution in [0.3, 0.4) is 0 Å². The predicted octanol–water partition coefficient (Wildman–Crippen LogP) is 6.20. The quantitative estimate of drug-likeness (QED) is 0.482. The summed E-state index contributed by atoms with van der Waals surface area (Å²) in [6.07, 6.45) is 0. The van der Waals surface area contributed by atoms with E-state index in [2.05, 4.69) is 15.9 Å². The maximum atomic E-state index is 13.0. The highest BCUT2D eigenvalue weighted by Gasteiger charge is 2.16. The molecule has 110 valence electrons. The molecule has 0 fully saturated rings. The van der Waals surface area contributed by atoms with Crippen molar-refractivity contribution >= 4 is 44.7 Å². The first-order valence-corrected chi connectivity index (χ1v) is 8.39. The number of halogens is 3. The molecular weight excluding hydrogens is 387 g/mol. The number of ketones is 1. The van der Waals surface area contributed by atoms with E-state index < -0.39 is 0 Å². The standard InChI is InChI=1S/C17H9BrClFOS/c18-11-3-6-14(19)13(9-11)17(21)16-8-7-15(22-16)10-1-4-12(20)5-2-10/h1-9H. The molecule has 0 amide bonds. The molecule has 0 radical (unpaired) electrons. The van der Waals surface area contributed by atoms with E-state index in [1.807, 2.05) is 6.07 Å². The Morgan fingerprint density at radius 3 is 2.50 bits per heavy atom. The summed E-state index contributed by atoms with van der Waals surface area (Å²) in [5.41, 5.74) is 1.34. The molecule has 0 bridgehead atoms. The van der Waals surface area contributed by atoms with E-state index in [-0.39, 0.29) is 11.6 Å². The Labute approximate surface area is 144 Å². The van der Waals surface area contributed by atoms with Gasteiger partial charge in [-0.1, -0.05) is 39.7 Å². The van der Waals surface area contributed by atoms with Gasteiger partial charge in [-0.2, -0.15) is 0 Å². The van der Waals surface area contributed by atoms with Gasteiger partial charge < -0.3 is 0 Å². The number of hydrogen-bond acceptors (Lipinski definition) is 2. The van der Waals surface area contributed by atoms with Gasteiger partial charge in [0.2, 0.25) is 5.78 Å². The second kappa shape index (κ2) is 6.32. The number of carbonyl (C=O) groups is 1. The molecule has 0 atom stereocenters. The summed E-state index contributed by atoms with van der Waals surface area (Å²) in [6.45, 7) is 0. The van der Waals surface area contributed by atoms with Crippen molar-refractivity contribution in [1.82, 2.24) is 0 Å². The molecule has 1 aromatic heterocycles. The smallest absolute Gasteiger partial charge is 0.204 e. The summed E-state index contributed by atoms with van der Waals surface area (Å²) in [5.74, 6) is -0.401. The lowest BCUT2D eigenvalue weighted by Gasteiger charge is -2.02. The van der Waals surface area contributed by atoms with Crippen LogP contribution in [0.4, 0.5) is 4.39 Å². The van der Waals surface area contributed by atoms with Crippen LogP contribution in [0.5, 0.6) is 0 Å². The molecule has 0 unspecified atom stereocenters. The summed E-state index contributed by atoms with van der Waals surface area (Å²) in [7, 11) is 0. The highest BCUT2D eigenvalue weighted by atomic mass is 79.9. The molecule has 0 aliphatic rings. The summed E-state index contributed by atoms with van der Waals surface area (Å²) < 4.78 is 13.8. The van der Waals surface area contributed by atoms with Crippen molar-refractivity contribution in [3.05, 3.63) is 80.4 Å². The van der Waals surface area contributed by atoms with Crippen LogP contribution < -0.4 is 0 Å². The molecule has 1 heterocycles. The molecule has 1 nitrogen and oxygen atoms in total. The lowest BCUT2D eigenvalue weighted by molar-refractivity contribution is 0.104. The van der Waals surface area contributed by atoms with E-state index in [1.54, 1.807) is 36.4 Å². The van der Waals surface area contributed by atoms with Crippen molar-refractivity contribution < 1.29 is 9.18 Å². The summed E-state index contributed by atoms with van der Waals surface area (Å²) >= 11 is 10.8. The van der Waals surface area contributed by atoms with Crippen molar-refractivity contribution in [2.75, 3.05) is 0 Å². The fraction of sp³-hybridized carbons (Fsp3) is 0. The average Bonchev–Trinajstić information content (AvgIpc) is 2.99. The number of benzene rings is 2. The van der Waals surface area contributed by atoms with Crippen molar-refractivity contribution in [1.29, 1.82) is 0 Å². The molecule has 0 spiro atoms. The van der Waals surface area contributed by atoms with Crippen molar-refractivity contribution in [2.45, 2.75) is 0 Å². The predicted molar refractivity (Wildman–Crippen MR) is 92.3 cm³/mol. The van der Waals surface area contributed by atoms with Gasteiger partial charge in [-0.15, -0.1) is 11.3 Å². The van der Waals surface area contributed by atoms with Gasteiger partial charge in [0.05, 0.1) is 9.90 Å². The topological polar surface area (TPSA) is 17.1 Å². The van der Waals surface area contributed by atoms with Gasteiger partial charge in [-0.3, -0.25) is 4.79 Å². The van der Waals surface area contributed by atoms with Gasteiger partial charge in [0.25, 0.3) is 0 Å². The zero-order valence-electron chi connectivity index (χ0n) is 11.1. The molecule has 3 rings (SSSR count). The first kappa shape index (κ1) is 15.4. The Kier molecular flexibility index (Phi) is 4.43. The molecule has 0 aliphatic carbocycles. The Hall–Kier alpha value is -1.49. The third-order valence-electron chi connectivity index (χ3n) is 3.13. The second-order valence-corrected chi connectivity index (χ2v) is 7.03. The van der Waals surface area contributed by atoms with E-state index in [1.165, 1.54) is 23.5 Å². The summed E-state index contributed by atoms with van der Waals surface area (Å²) in [4.78, 5) is 14.1. The molecule has 3 aromatic rings. The van der Waals surface area contributed by atoms with E-state index >= 15 is 0 Å². The maximum absolute atomic E-state index is 13.0. The molecule has 0 saturated heterocycles. The SMILES string of the molecule is O=C(c1ccc(-c2ccc(F)cc2)s1)c1cc(Br)ccc1Cl. The fourth-order valence-corrected chi connectivity index (χ4v) is 3.56. The Balaban J connectivity index is 1.95. The van der Waals surface area contributed by atoms with E-state index in [0.717, 1.165) is 14.9 Å². The van der Waals surface area contributed by atoms with Gasteiger partial charge in [0.15, 0.2) is 0 Å². The molecular formula is C17H9BrClFOS. The highest BCUT2D eigenvalue weighted by molar-refractivity contribution is 9.10. The zero-order chi connectivity index (χ0) is 15.7. The van der Waals surface area contributed by atoms with Crippen molar-refractivity contribution in [3.8, 4) is 10.4 Å². The summed E-state index contributed by atoms with van der Waals surface area (Å²) in [5, 5.41) is 0.421. The number of thiophene rings is 1. The lowest BCUT2D eigenvalue weighted by atomic mass is 10.1. The van der Waals surface area contributed by atoms with Crippen molar-refractivity contribution in [2.24, 2.45) is 0 Å². The Morgan fingerprint density at radius 1 is 1.05 bits per heavy atom. The molecule has 22 heavy (non-hydrogen) atoms. The van der Waals surface area contributed by atoms with Crippen LogP contribution in [0.15, 0.2) is 59.1 Å². The van der Waals surface area contributed by atoms with Crippen LogP contribution in [0.25, 0.3) is 10.4 Å². The van der Waals surface area contributed by atoms with E-state index in [4.69, 9.17) is 11.6 Å². The third-order valence-corrected chi connectivity index (χ3v) is 5.09. The molecule has 0 aliphatic heterocycles.